The van der Waals surface area contributed by atoms with Gasteiger partial charge in [-0.25, -0.2) is 4.99 Å². The van der Waals surface area contributed by atoms with Crippen LogP contribution in [0.15, 0.2) is 48.1 Å². The van der Waals surface area contributed by atoms with Crippen molar-refractivity contribution in [2.45, 2.75) is 13.8 Å². The van der Waals surface area contributed by atoms with Crippen molar-refractivity contribution >= 4 is 11.5 Å². The topological polar surface area (TPSA) is 29.3 Å². The summed E-state index contributed by atoms with van der Waals surface area (Å²) in [5, 5.41) is 0. The second kappa shape index (κ2) is 3.88. The lowest BCUT2D eigenvalue weighted by Gasteiger charge is -2.20. The Morgan fingerprint density at radius 3 is 2.78 bits per heavy atom. The predicted molar refractivity (Wildman–Crippen MR) is 75.3 cm³/mol. The van der Waals surface area contributed by atoms with Crippen molar-refractivity contribution in [1.82, 2.24) is 4.68 Å². The molecular formula is C15H15N3. The van der Waals surface area contributed by atoms with Gasteiger partial charge in [0.2, 0.25) is 0 Å². The van der Waals surface area contributed by atoms with Crippen LogP contribution in [0.25, 0.3) is 5.70 Å². The Morgan fingerprint density at radius 1 is 1.22 bits per heavy atom. The van der Waals surface area contributed by atoms with Crippen LogP contribution in [-0.4, -0.2) is 10.5 Å². The molecule has 0 radical (unpaired) electrons. The molecule has 0 fully saturated rings. The summed E-state index contributed by atoms with van der Waals surface area (Å²) in [7, 11) is 0. The standard InChI is InChI=1S/C15H15N3/c1-10-8-14-12(3)16-15(17-18(14)9-10)13-7-5-4-6-11(13)2/h4-9H,3H2,1-2H3,(H,16,17). The van der Waals surface area contributed by atoms with Gasteiger partial charge in [0.05, 0.1) is 11.4 Å². The van der Waals surface area contributed by atoms with Crippen molar-refractivity contribution in [1.29, 1.82) is 0 Å². The molecule has 0 spiro atoms. The molecule has 3 rings (SSSR count). The fraction of sp³-hybridized carbons (Fsp3) is 0.133. The fourth-order valence-electron chi connectivity index (χ4n) is 2.20. The van der Waals surface area contributed by atoms with Crippen molar-refractivity contribution in [3.05, 3.63) is 65.5 Å². The molecule has 3 nitrogen and oxygen atoms in total. The predicted octanol–water partition coefficient (Wildman–Crippen LogP) is 3.08. The van der Waals surface area contributed by atoms with Crippen LogP contribution in [0, 0.1) is 13.8 Å². The number of rotatable bonds is 1. The van der Waals surface area contributed by atoms with Crippen molar-refractivity contribution in [3.63, 3.8) is 0 Å². The molecule has 1 aliphatic heterocycles. The average Bonchev–Trinajstić information content (AvgIpc) is 2.71. The van der Waals surface area contributed by atoms with Gasteiger partial charge in [0.25, 0.3) is 0 Å². The first-order chi connectivity index (χ1) is 8.65. The number of hydrogen-bond acceptors (Lipinski definition) is 2. The third kappa shape index (κ3) is 1.64. The smallest absolute Gasteiger partial charge is 0.153 e. The van der Waals surface area contributed by atoms with Crippen LogP contribution in [0.1, 0.15) is 22.4 Å². The van der Waals surface area contributed by atoms with Crippen LogP contribution in [0.4, 0.5) is 0 Å². The molecule has 3 heteroatoms. The monoisotopic (exact) mass is 237 g/mol. The van der Waals surface area contributed by atoms with Gasteiger partial charge >= 0.3 is 0 Å². The first kappa shape index (κ1) is 10.8. The Kier molecular flexibility index (Phi) is 2.33. The minimum absolute atomic E-state index is 0.792. The van der Waals surface area contributed by atoms with Crippen LogP contribution in [-0.2, 0) is 0 Å². The lowest BCUT2D eigenvalue weighted by molar-refractivity contribution is 0.944. The summed E-state index contributed by atoms with van der Waals surface area (Å²) in [5.41, 5.74) is 8.62. The van der Waals surface area contributed by atoms with Crippen molar-refractivity contribution in [3.8, 4) is 0 Å². The van der Waals surface area contributed by atoms with E-state index in [0.29, 0.717) is 0 Å². The maximum absolute atomic E-state index is 4.56. The van der Waals surface area contributed by atoms with E-state index in [-0.39, 0.29) is 0 Å². The van der Waals surface area contributed by atoms with Gasteiger partial charge in [0.15, 0.2) is 5.84 Å². The quantitative estimate of drug-likeness (QED) is 0.811. The zero-order valence-electron chi connectivity index (χ0n) is 10.6. The van der Waals surface area contributed by atoms with Crippen molar-refractivity contribution in [2.24, 2.45) is 4.99 Å². The molecule has 2 heterocycles. The van der Waals surface area contributed by atoms with E-state index in [2.05, 4.69) is 49.0 Å². The van der Waals surface area contributed by atoms with Gasteiger partial charge in [-0.3, -0.25) is 10.1 Å². The number of amidine groups is 1. The molecule has 0 bridgehead atoms. The average molecular weight is 237 g/mol. The number of aliphatic imine (C=N–C) groups is 1. The summed E-state index contributed by atoms with van der Waals surface area (Å²) < 4.78 is 1.98. The zero-order valence-corrected chi connectivity index (χ0v) is 10.6. The van der Waals surface area contributed by atoms with E-state index in [1.165, 1.54) is 11.1 Å². The van der Waals surface area contributed by atoms with Crippen LogP contribution in [0.5, 0.6) is 0 Å². The maximum Gasteiger partial charge on any atom is 0.153 e. The van der Waals surface area contributed by atoms with Crippen LogP contribution in [0.3, 0.4) is 0 Å². The van der Waals surface area contributed by atoms with E-state index in [1.54, 1.807) is 0 Å². The Morgan fingerprint density at radius 2 is 2.00 bits per heavy atom. The van der Waals surface area contributed by atoms with Crippen molar-refractivity contribution < 1.29 is 0 Å². The van der Waals surface area contributed by atoms with E-state index >= 15 is 0 Å². The van der Waals surface area contributed by atoms with Gasteiger partial charge in [-0.15, -0.1) is 0 Å². The molecule has 0 atom stereocenters. The third-order valence-corrected chi connectivity index (χ3v) is 3.13. The molecule has 1 aliphatic rings. The van der Waals surface area contributed by atoms with Crippen molar-refractivity contribution in [2.75, 3.05) is 5.43 Å². The number of fused-ring (bicyclic) bond motifs is 1. The van der Waals surface area contributed by atoms with Crippen LogP contribution >= 0.6 is 0 Å². The van der Waals surface area contributed by atoms with Crippen LogP contribution in [0.2, 0.25) is 0 Å². The first-order valence-electron chi connectivity index (χ1n) is 5.95. The Labute approximate surface area is 106 Å². The van der Waals surface area contributed by atoms with E-state index in [1.807, 2.05) is 23.0 Å². The Hall–Kier alpha value is -2.29. The molecule has 18 heavy (non-hydrogen) atoms. The molecule has 0 aliphatic carbocycles. The maximum atomic E-state index is 4.56. The fourth-order valence-corrected chi connectivity index (χ4v) is 2.20. The molecule has 0 saturated carbocycles. The van der Waals surface area contributed by atoms with Gasteiger partial charge in [-0.2, -0.15) is 0 Å². The second-order valence-corrected chi connectivity index (χ2v) is 4.61. The highest BCUT2D eigenvalue weighted by Gasteiger charge is 2.16. The van der Waals surface area contributed by atoms with E-state index in [9.17, 15) is 0 Å². The molecule has 0 amide bonds. The zero-order chi connectivity index (χ0) is 12.7. The normalized spacial score (nSPS) is 13.9. The molecule has 90 valence electrons. The molecule has 1 aromatic heterocycles. The molecule has 1 N–H and O–H groups in total. The summed E-state index contributed by atoms with van der Waals surface area (Å²) in [5.74, 6) is 0.848. The third-order valence-electron chi connectivity index (χ3n) is 3.13. The summed E-state index contributed by atoms with van der Waals surface area (Å²) >= 11 is 0. The highest BCUT2D eigenvalue weighted by molar-refractivity contribution is 6.08. The van der Waals surface area contributed by atoms with Crippen LogP contribution < -0.4 is 5.43 Å². The SMILES string of the molecule is C=C1N=C(c2ccccc2C)Nn2cc(C)cc21. The van der Waals surface area contributed by atoms with Gasteiger partial charge in [0.1, 0.15) is 0 Å². The summed E-state index contributed by atoms with van der Waals surface area (Å²) in [6, 6.07) is 10.3. The first-order valence-corrected chi connectivity index (χ1v) is 5.95. The van der Waals surface area contributed by atoms with Gasteiger partial charge < -0.3 is 0 Å². The molecule has 0 unspecified atom stereocenters. The number of hydrogen-bond donors (Lipinski definition) is 1. The van der Waals surface area contributed by atoms with E-state index in [0.717, 1.165) is 22.8 Å². The Bertz CT molecular complexity index is 662. The number of aromatic nitrogens is 1. The summed E-state index contributed by atoms with van der Waals surface area (Å²) in [6.07, 6.45) is 2.05. The molecule has 1 aromatic carbocycles. The summed E-state index contributed by atoms with van der Waals surface area (Å²) in [6.45, 7) is 8.17. The second-order valence-electron chi connectivity index (χ2n) is 4.61. The summed E-state index contributed by atoms with van der Waals surface area (Å²) in [4.78, 5) is 4.56. The number of benzene rings is 1. The number of aryl methyl sites for hydroxylation is 2. The molecule has 0 saturated heterocycles. The minimum atomic E-state index is 0.792. The molecular weight excluding hydrogens is 222 g/mol. The largest absolute Gasteiger partial charge is 0.277 e. The van der Waals surface area contributed by atoms with E-state index < -0.39 is 0 Å². The number of nitrogens with one attached hydrogen (secondary N) is 1. The van der Waals surface area contributed by atoms with Gasteiger partial charge in [0, 0.05) is 11.8 Å². The highest BCUT2D eigenvalue weighted by atomic mass is 15.4. The lowest BCUT2D eigenvalue weighted by atomic mass is 10.1. The molecule has 2 aromatic rings. The van der Waals surface area contributed by atoms with Gasteiger partial charge in [-0.05, 0) is 31.0 Å². The number of nitrogens with zero attached hydrogens (tertiary/aromatic N) is 2. The van der Waals surface area contributed by atoms with E-state index in [4.69, 9.17) is 0 Å². The Balaban J connectivity index is 2.07. The van der Waals surface area contributed by atoms with Gasteiger partial charge in [-0.1, -0.05) is 30.8 Å². The highest BCUT2D eigenvalue weighted by Crippen LogP contribution is 2.22. The lowest BCUT2D eigenvalue weighted by Crippen LogP contribution is -2.28. The minimum Gasteiger partial charge on any atom is -0.277 e.